The highest BCUT2D eigenvalue weighted by atomic mass is 19.4. The Labute approximate surface area is 188 Å². The molecule has 6 atom stereocenters. The summed E-state index contributed by atoms with van der Waals surface area (Å²) in [6, 6.07) is 7.83. The Morgan fingerprint density at radius 2 is 1.12 bits per heavy atom. The van der Waals surface area contributed by atoms with Gasteiger partial charge in [-0.05, 0) is 52.6 Å². The number of hydrogen-bond donors (Lipinski definition) is 0. The second kappa shape index (κ2) is 5.58. The van der Waals surface area contributed by atoms with E-state index in [2.05, 4.69) is 0 Å². The summed E-state index contributed by atoms with van der Waals surface area (Å²) in [5.41, 5.74) is -5.35. The van der Waals surface area contributed by atoms with Crippen molar-refractivity contribution in [2.75, 3.05) is 0 Å². The summed E-state index contributed by atoms with van der Waals surface area (Å²) in [5.74, 6) is -4.54. The van der Waals surface area contributed by atoms with Crippen LogP contribution in [-0.2, 0) is 26.7 Å². The molecule has 5 aliphatic carbocycles. The molecule has 2 aromatic rings. The molecule has 3 nitrogen and oxygen atoms in total. The molecule has 1 saturated heterocycles. The van der Waals surface area contributed by atoms with Gasteiger partial charge in [-0.2, -0.15) is 26.3 Å². The number of halogens is 6. The lowest BCUT2D eigenvalue weighted by atomic mass is 9.38. The predicted octanol–water partition coefficient (Wildman–Crippen LogP) is 5.58. The van der Waals surface area contributed by atoms with Crippen LogP contribution >= 0.6 is 0 Å². The average molecular weight is 476 g/mol. The van der Waals surface area contributed by atoms with Gasteiger partial charge in [0.15, 0.2) is 0 Å². The monoisotopic (exact) mass is 476 g/mol. The zero-order valence-corrected chi connectivity index (χ0v) is 17.1. The molecule has 2 fully saturated rings. The van der Waals surface area contributed by atoms with Gasteiger partial charge in [0.05, 0.1) is 11.1 Å². The Hall–Kier alpha value is -3.10. The lowest BCUT2D eigenvalue weighted by Crippen LogP contribution is -2.60. The summed E-state index contributed by atoms with van der Waals surface area (Å²) in [4.78, 5) is 26.9. The van der Waals surface area contributed by atoms with Crippen LogP contribution in [0.3, 0.4) is 0 Å². The van der Waals surface area contributed by atoms with Crippen LogP contribution in [0.1, 0.15) is 51.6 Å². The summed E-state index contributed by atoms with van der Waals surface area (Å²) < 4.78 is 88.3. The second-order valence-corrected chi connectivity index (χ2v) is 9.77. The maximum Gasteiger partial charge on any atom is 0.417 e. The van der Waals surface area contributed by atoms with E-state index in [9.17, 15) is 35.9 Å². The SMILES string of the molecule is O=C1OC(=O)[C@]23[C@H]4c5ccccc5[C@H](c5cc(C(F)(F)F)c(C(F)(F)F)cc54)[C@]12[C@H]1C=C[C@@H]3C1. The number of allylic oxidation sites excluding steroid dienone is 2. The smallest absolute Gasteiger partial charge is 0.392 e. The zero-order chi connectivity index (χ0) is 24.0. The molecular weight excluding hydrogens is 462 g/mol. The van der Waals surface area contributed by atoms with Crippen LogP contribution in [-0.4, -0.2) is 11.9 Å². The first-order chi connectivity index (χ1) is 15.9. The van der Waals surface area contributed by atoms with Crippen LogP contribution in [0.5, 0.6) is 0 Å². The summed E-state index contributed by atoms with van der Waals surface area (Å²) >= 11 is 0. The summed E-state index contributed by atoms with van der Waals surface area (Å²) in [7, 11) is 0. The molecule has 0 radical (unpaired) electrons. The Balaban J connectivity index is 1.65. The largest absolute Gasteiger partial charge is 0.417 e. The van der Waals surface area contributed by atoms with Crippen molar-refractivity contribution in [2.45, 2.75) is 30.6 Å². The Kier molecular flexibility index (Phi) is 3.33. The summed E-state index contributed by atoms with van der Waals surface area (Å²) in [5, 5.41) is 0. The molecule has 1 heterocycles. The first kappa shape index (κ1) is 20.3. The van der Waals surface area contributed by atoms with E-state index < -0.39 is 69.9 Å². The molecule has 1 saturated carbocycles. The van der Waals surface area contributed by atoms with Gasteiger partial charge in [0.1, 0.15) is 10.8 Å². The van der Waals surface area contributed by atoms with Gasteiger partial charge in [-0.1, -0.05) is 36.4 Å². The van der Waals surface area contributed by atoms with Crippen LogP contribution in [0.15, 0.2) is 48.6 Å². The molecule has 2 aromatic carbocycles. The first-order valence-corrected chi connectivity index (χ1v) is 10.8. The molecule has 0 aromatic heterocycles. The van der Waals surface area contributed by atoms with Gasteiger partial charge < -0.3 is 4.74 Å². The van der Waals surface area contributed by atoms with E-state index in [0.717, 1.165) is 0 Å². The Morgan fingerprint density at radius 1 is 0.706 bits per heavy atom. The molecule has 0 amide bonds. The van der Waals surface area contributed by atoms with Crippen molar-refractivity contribution in [3.8, 4) is 0 Å². The molecule has 0 unspecified atom stereocenters. The number of alkyl halides is 6. The first-order valence-electron chi connectivity index (χ1n) is 10.8. The van der Waals surface area contributed by atoms with Gasteiger partial charge >= 0.3 is 24.3 Å². The number of rotatable bonds is 0. The molecule has 0 N–H and O–H groups in total. The van der Waals surface area contributed by atoms with Crippen molar-refractivity contribution in [2.24, 2.45) is 22.7 Å². The molecule has 1 aliphatic heterocycles. The van der Waals surface area contributed by atoms with Gasteiger partial charge in [-0.25, -0.2) is 0 Å². The van der Waals surface area contributed by atoms with E-state index in [1.54, 1.807) is 36.4 Å². The van der Waals surface area contributed by atoms with Crippen molar-refractivity contribution in [3.05, 3.63) is 81.9 Å². The minimum atomic E-state index is -5.26. The maximum absolute atomic E-state index is 13.9. The lowest BCUT2D eigenvalue weighted by Gasteiger charge is -2.59. The quantitative estimate of drug-likeness (QED) is 0.216. The van der Waals surface area contributed by atoms with Crippen molar-refractivity contribution in [1.82, 2.24) is 0 Å². The van der Waals surface area contributed by atoms with Crippen molar-refractivity contribution < 1.29 is 40.7 Å². The van der Waals surface area contributed by atoms with Gasteiger partial charge in [-0.15, -0.1) is 0 Å². The zero-order valence-electron chi connectivity index (χ0n) is 17.1. The van der Waals surface area contributed by atoms with Crippen molar-refractivity contribution in [3.63, 3.8) is 0 Å². The third-order valence-corrected chi connectivity index (χ3v) is 8.78. The van der Waals surface area contributed by atoms with E-state index >= 15 is 0 Å². The number of ether oxygens (including phenoxy) is 1. The number of hydrogen-bond acceptors (Lipinski definition) is 3. The number of carbonyl (C=O) groups excluding carboxylic acids is 2. The van der Waals surface area contributed by atoms with E-state index in [4.69, 9.17) is 4.74 Å². The van der Waals surface area contributed by atoms with Gasteiger partial charge in [0.2, 0.25) is 0 Å². The molecule has 9 heteroatoms. The van der Waals surface area contributed by atoms with Crippen molar-refractivity contribution in [1.29, 1.82) is 0 Å². The molecule has 0 spiro atoms. The van der Waals surface area contributed by atoms with Gasteiger partial charge in [-0.3, -0.25) is 9.59 Å². The normalized spacial score (nSPS) is 36.3. The maximum atomic E-state index is 13.9. The fourth-order valence-corrected chi connectivity index (χ4v) is 7.98. The second-order valence-electron chi connectivity index (χ2n) is 9.77. The van der Waals surface area contributed by atoms with E-state index in [1.165, 1.54) is 0 Å². The van der Waals surface area contributed by atoms with E-state index in [0.29, 0.717) is 29.7 Å². The number of carbonyl (C=O) groups is 2. The van der Waals surface area contributed by atoms with Crippen LogP contribution in [0, 0.1) is 22.7 Å². The highest BCUT2D eigenvalue weighted by molar-refractivity contribution is 6.07. The third kappa shape index (κ3) is 1.86. The molecular formula is C25H14F6O3. The molecule has 4 bridgehead atoms. The fourth-order valence-electron chi connectivity index (χ4n) is 7.98. The van der Waals surface area contributed by atoms with Gasteiger partial charge in [0, 0.05) is 11.8 Å². The number of esters is 2. The number of cyclic esters (lactones) is 2. The highest BCUT2D eigenvalue weighted by Gasteiger charge is 2.86. The summed E-state index contributed by atoms with van der Waals surface area (Å²) in [6.45, 7) is 0. The number of fused-ring (bicyclic) bond motifs is 2. The van der Waals surface area contributed by atoms with Crippen LogP contribution in [0.4, 0.5) is 26.3 Å². The Bertz CT molecular complexity index is 1270. The minimum Gasteiger partial charge on any atom is -0.392 e. The molecule has 6 aliphatic rings. The van der Waals surface area contributed by atoms with E-state index in [1.807, 2.05) is 0 Å². The highest BCUT2D eigenvalue weighted by Crippen LogP contribution is 2.82. The molecule has 34 heavy (non-hydrogen) atoms. The summed E-state index contributed by atoms with van der Waals surface area (Å²) in [6.07, 6.45) is -6.48. The van der Waals surface area contributed by atoms with Crippen LogP contribution in [0.2, 0.25) is 0 Å². The van der Waals surface area contributed by atoms with Crippen molar-refractivity contribution >= 4 is 11.9 Å². The van der Waals surface area contributed by atoms with Gasteiger partial charge in [0.25, 0.3) is 0 Å². The van der Waals surface area contributed by atoms with E-state index in [-0.39, 0.29) is 11.1 Å². The standard InChI is InChI=1S/C25H14F6O3/c26-24(27,28)16-8-14-15(9-17(16)25(29,30)31)19-13-4-2-1-3-12(13)18(14)22-10-5-6-11(7-10)23(19,22)21(33)34-20(22)32/h1-6,8-11,18-19H,7H2/t10-,11+,18+,19-,22+,23-. The van der Waals surface area contributed by atoms with Crippen LogP contribution < -0.4 is 0 Å². The average Bonchev–Trinajstić information content (AvgIpc) is 3.43. The lowest BCUT2D eigenvalue weighted by molar-refractivity contribution is -0.162. The predicted molar refractivity (Wildman–Crippen MR) is 103 cm³/mol. The third-order valence-electron chi connectivity index (χ3n) is 8.78. The van der Waals surface area contributed by atoms with Crippen LogP contribution in [0.25, 0.3) is 0 Å². The topological polar surface area (TPSA) is 43.4 Å². The number of benzene rings is 2. The Morgan fingerprint density at radius 3 is 1.50 bits per heavy atom. The fraction of sp³-hybridized carbons (Fsp3) is 0.360. The molecule has 174 valence electrons. The minimum absolute atomic E-state index is 0.0206. The molecule has 8 rings (SSSR count).